The summed E-state index contributed by atoms with van der Waals surface area (Å²) in [6.07, 6.45) is -0.167. The van der Waals surface area contributed by atoms with Crippen LogP contribution in [-0.4, -0.2) is 45.8 Å². The van der Waals surface area contributed by atoms with Crippen LogP contribution < -0.4 is 0 Å². The Morgan fingerprint density at radius 2 is 1.33 bits per heavy atom. The normalized spacial score (nSPS) is 14.5. The summed E-state index contributed by atoms with van der Waals surface area (Å²) >= 11 is 0. The van der Waals surface area contributed by atoms with E-state index in [9.17, 15) is 0 Å². The molecule has 0 aliphatic heterocycles. The maximum atomic E-state index is 8.47. The predicted molar refractivity (Wildman–Crippen MR) is 46.5 cm³/mol. The Morgan fingerprint density at radius 3 is 1.42 bits per heavy atom. The molecule has 4 N–H and O–H groups in total. The number of aliphatic hydroxyl groups is 4. The van der Waals surface area contributed by atoms with Gasteiger partial charge >= 0.3 is 0 Å². The zero-order valence-corrected chi connectivity index (χ0v) is 7.48. The minimum Gasteiger partial charge on any atom is -0.394 e. The van der Waals surface area contributed by atoms with Gasteiger partial charge in [-0.2, -0.15) is 0 Å². The molecule has 0 saturated heterocycles. The number of hydrogen-bond acceptors (Lipinski definition) is 4. The van der Waals surface area contributed by atoms with E-state index in [1.54, 1.807) is 0 Å². The average molecular weight is 179 g/mol. The third kappa shape index (κ3) is 9.84. The van der Waals surface area contributed by atoms with E-state index in [-0.39, 0.29) is 0 Å². The van der Waals surface area contributed by atoms with Gasteiger partial charge in [-0.25, -0.2) is 0 Å². The highest BCUT2D eigenvalue weighted by Crippen LogP contribution is 1.88. The topological polar surface area (TPSA) is 80.9 Å². The smallest absolute Gasteiger partial charge is 0.105 e. The summed E-state index contributed by atoms with van der Waals surface area (Å²) in [6, 6.07) is 0. The number of hydrogen-bond donors (Lipinski definition) is 4. The van der Waals surface area contributed by atoms with E-state index in [2.05, 4.69) is 13.8 Å². The van der Waals surface area contributed by atoms with Gasteiger partial charge in [-0.15, -0.1) is 0 Å². The van der Waals surface area contributed by atoms with E-state index in [4.69, 9.17) is 20.4 Å². The van der Waals surface area contributed by atoms with Crippen molar-refractivity contribution in [2.75, 3.05) is 13.2 Å². The Hall–Kier alpha value is -0.160. The molecule has 0 aromatic rings. The molecule has 0 bridgehead atoms. The second kappa shape index (κ2) is 10.8. The summed E-state index contributed by atoms with van der Waals surface area (Å²) in [5.41, 5.74) is 0. The lowest BCUT2D eigenvalue weighted by Gasteiger charge is -2.10. The largest absolute Gasteiger partial charge is 0.394 e. The fourth-order valence-corrected chi connectivity index (χ4v) is 0.243. The molecule has 2 atom stereocenters. The Balaban J connectivity index is 0. The summed E-state index contributed by atoms with van der Waals surface area (Å²) in [7, 11) is 0. The molecule has 0 aliphatic carbocycles. The van der Waals surface area contributed by atoms with Crippen LogP contribution in [0.1, 0.15) is 19.8 Å². The Bertz CT molecular complexity index is 67.5. The van der Waals surface area contributed by atoms with E-state index >= 15 is 0 Å². The molecular formula is C8H19O4. The second-order valence-corrected chi connectivity index (χ2v) is 2.35. The summed E-state index contributed by atoms with van der Waals surface area (Å²) in [6.45, 7) is 4.67. The van der Waals surface area contributed by atoms with Crippen LogP contribution in [0.3, 0.4) is 0 Å². The lowest BCUT2D eigenvalue weighted by molar-refractivity contribution is -0.0388. The van der Waals surface area contributed by atoms with Gasteiger partial charge in [0.25, 0.3) is 0 Å². The molecule has 0 fully saturated rings. The van der Waals surface area contributed by atoms with Crippen molar-refractivity contribution in [2.24, 2.45) is 0 Å². The first-order chi connectivity index (χ1) is 5.63. The molecule has 0 spiro atoms. The fourth-order valence-electron chi connectivity index (χ4n) is 0.243. The standard InChI is InChI=1S/C4H10O4.C4H9/c5-1-3(7)4(8)2-6;1-3-4-2/h3-8H,1-2H2;1,3-4H2,2H3/t3-,4+;. The minimum absolute atomic E-state index is 0.526. The molecular weight excluding hydrogens is 160 g/mol. The van der Waals surface area contributed by atoms with Gasteiger partial charge in [0, 0.05) is 0 Å². The van der Waals surface area contributed by atoms with Gasteiger partial charge in [0.1, 0.15) is 12.2 Å². The van der Waals surface area contributed by atoms with Gasteiger partial charge in [-0.05, 0) is 0 Å². The SMILES string of the molecule is OC[C@@H](O)[C@@H](O)CO.[CH2]CCC. The highest BCUT2D eigenvalue weighted by Gasteiger charge is 2.12. The van der Waals surface area contributed by atoms with Gasteiger partial charge in [-0.3, -0.25) is 0 Å². The number of unbranched alkanes of at least 4 members (excludes halogenated alkanes) is 1. The maximum Gasteiger partial charge on any atom is 0.105 e. The molecule has 4 nitrogen and oxygen atoms in total. The number of aliphatic hydroxyl groups excluding tert-OH is 4. The van der Waals surface area contributed by atoms with Crippen molar-refractivity contribution in [1.82, 2.24) is 0 Å². The van der Waals surface area contributed by atoms with Crippen molar-refractivity contribution < 1.29 is 20.4 Å². The van der Waals surface area contributed by atoms with E-state index in [0.717, 1.165) is 6.42 Å². The van der Waals surface area contributed by atoms with Crippen molar-refractivity contribution in [3.8, 4) is 0 Å². The maximum absolute atomic E-state index is 8.47. The van der Waals surface area contributed by atoms with Gasteiger partial charge in [0.2, 0.25) is 0 Å². The van der Waals surface area contributed by atoms with Crippen LogP contribution in [0.2, 0.25) is 0 Å². The molecule has 1 radical (unpaired) electrons. The molecule has 0 aromatic heterocycles. The molecule has 75 valence electrons. The first-order valence-electron chi connectivity index (χ1n) is 4.01. The minimum atomic E-state index is -1.22. The van der Waals surface area contributed by atoms with Crippen LogP contribution >= 0.6 is 0 Å². The van der Waals surface area contributed by atoms with Crippen LogP contribution in [0.15, 0.2) is 0 Å². The van der Waals surface area contributed by atoms with E-state index in [0.29, 0.717) is 0 Å². The highest BCUT2D eigenvalue weighted by atomic mass is 16.4. The molecule has 0 aliphatic rings. The third-order valence-corrected chi connectivity index (χ3v) is 1.17. The molecule has 0 unspecified atom stereocenters. The van der Waals surface area contributed by atoms with Crippen molar-refractivity contribution in [3.63, 3.8) is 0 Å². The molecule has 0 amide bonds. The van der Waals surface area contributed by atoms with Crippen molar-refractivity contribution in [1.29, 1.82) is 0 Å². The second-order valence-electron chi connectivity index (χ2n) is 2.35. The van der Waals surface area contributed by atoms with Crippen LogP contribution in [-0.2, 0) is 0 Å². The lowest BCUT2D eigenvalue weighted by atomic mass is 10.2. The van der Waals surface area contributed by atoms with Crippen molar-refractivity contribution in [3.05, 3.63) is 6.92 Å². The molecule has 4 heteroatoms. The zero-order valence-electron chi connectivity index (χ0n) is 7.48. The van der Waals surface area contributed by atoms with Crippen LogP contribution in [0.25, 0.3) is 0 Å². The zero-order chi connectivity index (χ0) is 9.98. The van der Waals surface area contributed by atoms with E-state index in [1.165, 1.54) is 6.42 Å². The first-order valence-corrected chi connectivity index (χ1v) is 4.01. The molecule has 12 heavy (non-hydrogen) atoms. The van der Waals surface area contributed by atoms with Crippen molar-refractivity contribution in [2.45, 2.75) is 32.0 Å². The summed E-state index contributed by atoms with van der Waals surface area (Å²) < 4.78 is 0. The summed E-state index contributed by atoms with van der Waals surface area (Å²) in [5.74, 6) is 0. The van der Waals surface area contributed by atoms with Crippen LogP contribution in [0, 0.1) is 6.92 Å². The monoisotopic (exact) mass is 179 g/mol. The van der Waals surface area contributed by atoms with Gasteiger partial charge in [0.05, 0.1) is 13.2 Å². The average Bonchev–Trinajstić information content (AvgIpc) is 2.15. The van der Waals surface area contributed by atoms with Gasteiger partial charge < -0.3 is 20.4 Å². The van der Waals surface area contributed by atoms with Crippen molar-refractivity contribution >= 4 is 0 Å². The van der Waals surface area contributed by atoms with Gasteiger partial charge in [-0.1, -0.05) is 26.7 Å². The first kappa shape index (κ1) is 14.4. The molecule has 0 rings (SSSR count). The summed E-state index contributed by atoms with van der Waals surface area (Å²) in [5, 5.41) is 33.2. The quantitative estimate of drug-likeness (QED) is 0.460. The van der Waals surface area contributed by atoms with Crippen LogP contribution in [0.5, 0.6) is 0 Å². The van der Waals surface area contributed by atoms with E-state index in [1.807, 2.05) is 0 Å². The molecule has 0 aromatic carbocycles. The van der Waals surface area contributed by atoms with E-state index < -0.39 is 25.4 Å². The van der Waals surface area contributed by atoms with Crippen LogP contribution in [0.4, 0.5) is 0 Å². The van der Waals surface area contributed by atoms with Gasteiger partial charge in [0.15, 0.2) is 0 Å². The summed E-state index contributed by atoms with van der Waals surface area (Å²) in [4.78, 5) is 0. The molecule has 0 heterocycles. The Labute approximate surface area is 73.5 Å². The highest BCUT2D eigenvalue weighted by molar-refractivity contribution is 4.62. The lowest BCUT2D eigenvalue weighted by Crippen LogP contribution is -2.31. The predicted octanol–water partition coefficient (Wildman–Crippen LogP) is -0.687. The fraction of sp³-hybridized carbons (Fsp3) is 0.875. The number of rotatable bonds is 4. The third-order valence-electron chi connectivity index (χ3n) is 1.17. The Kier molecular flexibility index (Phi) is 13.0. The molecule has 0 saturated carbocycles. The Morgan fingerprint density at radius 1 is 1.08 bits per heavy atom.